The molecule has 1 heterocycles. The van der Waals surface area contributed by atoms with Crippen molar-refractivity contribution in [3.8, 4) is 5.75 Å². The van der Waals surface area contributed by atoms with Gasteiger partial charge in [-0.3, -0.25) is 0 Å². The van der Waals surface area contributed by atoms with Crippen molar-refractivity contribution >= 4 is 15.9 Å². The predicted octanol–water partition coefficient (Wildman–Crippen LogP) is 2.53. The summed E-state index contributed by atoms with van der Waals surface area (Å²) in [6.45, 7) is 4.62. The Morgan fingerprint density at radius 2 is 2.16 bits per heavy atom. The predicted molar refractivity (Wildman–Crippen MR) is 75.0 cm³/mol. The highest BCUT2D eigenvalue weighted by molar-refractivity contribution is 9.10. The number of ether oxygens (including phenoxy) is 1. The Morgan fingerprint density at radius 1 is 1.37 bits per heavy atom. The lowest BCUT2D eigenvalue weighted by Crippen LogP contribution is -2.07. The van der Waals surface area contributed by atoms with E-state index in [9.17, 15) is 0 Å². The number of nitrogens with zero attached hydrogens (tertiary/aromatic N) is 2. The minimum Gasteiger partial charge on any atom is -0.485 e. The molecule has 102 valence electrons. The van der Waals surface area contributed by atoms with Gasteiger partial charge in [0, 0.05) is 11.4 Å². The second-order valence-corrected chi connectivity index (χ2v) is 5.18. The van der Waals surface area contributed by atoms with Crippen molar-refractivity contribution in [3.05, 3.63) is 39.4 Å². The van der Waals surface area contributed by atoms with Crippen LogP contribution in [0.25, 0.3) is 0 Å². The molecule has 0 saturated carbocycles. The van der Waals surface area contributed by atoms with Crippen molar-refractivity contribution in [3.63, 3.8) is 0 Å². The maximum atomic E-state index is 5.81. The van der Waals surface area contributed by atoms with Crippen LogP contribution in [0.4, 0.5) is 0 Å². The third-order valence-corrected chi connectivity index (χ3v) is 3.10. The van der Waals surface area contributed by atoms with Gasteiger partial charge in [0.15, 0.2) is 6.61 Å². The van der Waals surface area contributed by atoms with Crippen molar-refractivity contribution in [2.75, 3.05) is 6.54 Å². The van der Waals surface area contributed by atoms with Gasteiger partial charge in [-0.1, -0.05) is 21.1 Å². The highest BCUT2D eigenvalue weighted by Crippen LogP contribution is 2.28. The van der Waals surface area contributed by atoms with Crippen LogP contribution in [0, 0.1) is 13.8 Å². The van der Waals surface area contributed by atoms with Crippen molar-refractivity contribution in [2.45, 2.75) is 26.9 Å². The number of benzene rings is 1. The number of rotatable bonds is 5. The van der Waals surface area contributed by atoms with Crippen LogP contribution in [0.2, 0.25) is 0 Å². The number of aromatic nitrogens is 2. The Morgan fingerprint density at radius 3 is 2.79 bits per heavy atom. The van der Waals surface area contributed by atoms with Crippen LogP contribution in [0.3, 0.4) is 0 Å². The molecular weight excluding hydrogens is 310 g/mol. The molecule has 2 N–H and O–H groups in total. The fourth-order valence-electron chi connectivity index (χ4n) is 1.88. The van der Waals surface area contributed by atoms with Gasteiger partial charge in [-0.2, -0.15) is 4.98 Å². The maximum Gasteiger partial charge on any atom is 0.223 e. The zero-order valence-electron chi connectivity index (χ0n) is 10.9. The molecule has 19 heavy (non-hydrogen) atoms. The minimum absolute atomic E-state index is 0.289. The highest BCUT2D eigenvalue weighted by Gasteiger charge is 2.10. The second-order valence-electron chi connectivity index (χ2n) is 4.27. The van der Waals surface area contributed by atoms with E-state index in [2.05, 4.69) is 26.1 Å². The van der Waals surface area contributed by atoms with E-state index >= 15 is 0 Å². The molecule has 6 heteroatoms. The summed E-state index contributed by atoms with van der Waals surface area (Å²) in [5.41, 5.74) is 7.76. The summed E-state index contributed by atoms with van der Waals surface area (Å²) < 4.78 is 11.7. The SMILES string of the molecule is Cc1nc(COc2c(C)cc(Br)cc2CCN)no1. The summed E-state index contributed by atoms with van der Waals surface area (Å²) in [5.74, 6) is 1.92. The van der Waals surface area contributed by atoms with Crippen LogP contribution in [-0.4, -0.2) is 16.7 Å². The van der Waals surface area contributed by atoms with Crippen LogP contribution >= 0.6 is 15.9 Å². The van der Waals surface area contributed by atoms with E-state index in [1.165, 1.54) is 0 Å². The van der Waals surface area contributed by atoms with E-state index < -0.39 is 0 Å². The normalized spacial score (nSPS) is 10.7. The lowest BCUT2D eigenvalue weighted by Gasteiger charge is -2.13. The van der Waals surface area contributed by atoms with Crippen molar-refractivity contribution in [1.82, 2.24) is 10.1 Å². The maximum absolute atomic E-state index is 5.81. The molecule has 0 unspecified atom stereocenters. The highest BCUT2D eigenvalue weighted by atomic mass is 79.9. The third-order valence-electron chi connectivity index (χ3n) is 2.65. The summed E-state index contributed by atoms with van der Waals surface area (Å²) in [7, 11) is 0. The van der Waals surface area contributed by atoms with Gasteiger partial charge in [-0.25, -0.2) is 0 Å². The molecule has 0 atom stereocenters. The van der Waals surface area contributed by atoms with Crippen LogP contribution in [0.5, 0.6) is 5.75 Å². The Hall–Kier alpha value is -1.40. The van der Waals surface area contributed by atoms with Gasteiger partial charge >= 0.3 is 0 Å². The second kappa shape index (κ2) is 6.16. The molecule has 2 aromatic rings. The molecule has 0 aliphatic rings. The number of halogens is 1. The first-order valence-electron chi connectivity index (χ1n) is 6.01. The molecule has 1 aromatic heterocycles. The van der Waals surface area contributed by atoms with Gasteiger partial charge in [0.05, 0.1) is 0 Å². The molecule has 0 saturated heterocycles. The molecule has 0 bridgehead atoms. The van der Waals surface area contributed by atoms with Crippen molar-refractivity contribution in [1.29, 1.82) is 0 Å². The number of aryl methyl sites for hydroxylation is 2. The zero-order chi connectivity index (χ0) is 13.8. The fourth-order valence-corrected chi connectivity index (χ4v) is 2.50. The lowest BCUT2D eigenvalue weighted by molar-refractivity contribution is 0.281. The summed E-state index contributed by atoms with van der Waals surface area (Å²) in [5, 5.41) is 3.81. The topological polar surface area (TPSA) is 74.2 Å². The average molecular weight is 326 g/mol. The van der Waals surface area contributed by atoms with Gasteiger partial charge < -0.3 is 15.0 Å². The minimum atomic E-state index is 0.289. The molecule has 1 aromatic carbocycles. The van der Waals surface area contributed by atoms with E-state index in [1.54, 1.807) is 6.92 Å². The van der Waals surface area contributed by atoms with Gasteiger partial charge in [0.2, 0.25) is 11.7 Å². The largest absolute Gasteiger partial charge is 0.485 e. The first kappa shape index (κ1) is 14.0. The fraction of sp³-hybridized carbons (Fsp3) is 0.385. The molecule has 0 aliphatic carbocycles. The van der Waals surface area contributed by atoms with E-state index in [0.29, 0.717) is 18.3 Å². The van der Waals surface area contributed by atoms with Crippen molar-refractivity contribution < 1.29 is 9.26 Å². The summed E-state index contributed by atoms with van der Waals surface area (Å²) in [4.78, 5) is 4.11. The average Bonchev–Trinajstić information content (AvgIpc) is 2.74. The summed E-state index contributed by atoms with van der Waals surface area (Å²) in [6, 6.07) is 4.04. The molecule has 0 fully saturated rings. The van der Waals surface area contributed by atoms with Crippen LogP contribution < -0.4 is 10.5 Å². The zero-order valence-corrected chi connectivity index (χ0v) is 12.5. The van der Waals surface area contributed by atoms with Crippen LogP contribution in [0.1, 0.15) is 22.8 Å². The molecule has 0 aliphatic heterocycles. The summed E-state index contributed by atoms with van der Waals surface area (Å²) in [6.07, 6.45) is 0.765. The Balaban J connectivity index is 2.18. The molecule has 2 rings (SSSR count). The number of nitrogens with two attached hydrogens (primary N) is 1. The van der Waals surface area contributed by atoms with Gasteiger partial charge in [-0.15, -0.1) is 0 Å². The van der Waals surface area contributed by atoms with Gasteiger partial charge in [-0.05, 0) is 43.1 Å². The van der Waals surface area contributed by atoms with E-state index in [4.69, 9.17) is 15.0 Å². The van der Waals surface area contributed by atoms with E-state index in [1.807, 2.05) is 19.1 Å². The summed E-state index contributed by atoms with van der Waals surface area (Å²) >= 11 is 3.48. The molecule has 5 nitrogen and oxygen atoms in total. The van der Waals surface area contributed by atoms with Crippen LogP contribution in [0.15, 0.2) is 21.1 Å². The Labute approximate surface area is 120 Å². The molecule has 0 amide bonds. The standard InChI is InChI=1S/C13H16BrN3O2/c1-8-5-11(14)6-10(3-4-15)13(8)18-7-12-16-9(2)19-17-12/h5-6H,3-4,7,15H2,1-2H3. The third kappa shape index (κ3) is 3.54. The smallest absolute Gasteiger partial charge is 0.223 e. The van der Waals surface area contributed by atoms with E-state index in [-0.39, 0.29) is 6.61 Å². The quantitative estimate of drug-likeness (QED) is 0.914. The molecule has 0 spiro atoms. The Kier molecular flexibility index (Phi) is 4.55. The first-order valence-corrected chi connectivity index (χ1v) is 6.80. The van der Waals surface area contributed by atoms with Crippen LogP contribution in [-0.2, 0) is 13.0 Å². The first-order chi connectivity index (χ1) is 9.10. The monoisotopic (exact) mass is 325 g/mol. The lowest BCUT2D eigenvalue weighted by atomic mass is 10.1. The van der Waals surface area contributed by atoms with E-state index in [0.717, 1.165) is 27.8 Å². The van der Waals surface area contributed by atoms with Gasteiger partial charge in [0.25, 0.3) is 0 Å². The van der Waals surface area contributed by atoms with Gasteiger partial charge in [0.1, 0.15) is 5.75 Å². The number of hydrogen-bond donors (Lipinski definition) is 1. The number of hydrogen-bond acceptors (Lipinski definition) is 5. The Bertz CT molecular complexity index is 569. The molecule has 0 radical (unpaired) electrons. The van der Waals surface area contributed by atoms with Crippen molar-refractivity contribution in [2.24, 2.45) is 5.73 Å². The molecular formula is C13H16BrN3O2.